The Labute approximate surface area is 117 Å². The Morgan fingerprint density at radius 2 is 2.21 bits per heavy atom. The van der Waals surface area contributed by atoms with Crippen LogP contribution in [0.3, 0.4) is 0 Å². The maximum atomic E-state index is 4.54. The van der Waals surface area contributed by atoms with E-state index in [-0.39, 0.29) is 0 Å². The molecule has 2 rings (SSSR count). The highest BCUT2D eigenvalue weighted by molar-refractivity contribution is 5.10. The number of likely N-dealkylation sites (tertiary alicyclic amines) is 1. The van der Waals surface area contributed by atoms with Crippen LogP contribution in [0, 0.1) is 5.92 Å². The van der Waals surface area contributed by atoms with Gasteiger partial charge in [0.2, 0.25) is 0 Å². The van der Waals surface area contributed by atoms with E-state index in [4.69, 9.17) is 0 Å². The van der Waals surface area contributed by atoms with Gasteiger partial charge in [0.05, 0.1) is 11.4 Å². The molecule has 0 aliphatic carbocycles. The van der Waals surface area contributed by atoms with Gasteiger partial charge >= 0.3 is 0 Å². The predicted molar refractivity (Wildman–Crippen MR) is 79.1 cm³/mol. The Kier molecular flexibility index (Phi) is 4.99. The van der Waals surface area contributed by atoms with E-state index in [9.17, 15) is 0 Å². The smallest absolute Gasteiger partial charge is 0.0625 e. The third kappa shape index (κ3) is 3.57. The van der Waals surface area contributed by atoms with Gasteiger partial charge in [-0.1, -0.05) is 20.8 Å². The van der Waals surface area contributed by atoms with Crippen LogP contribution in [0.25, 0.3) is 0 Å². The summed E-state index contributed by atoms with van der Waals surface area (Å²) in [5.74, 6) is 0.729. The number of piperidine rings is 1. The molecule has 1 aromatic heterocycles. The van der Waals surface area contributed by atoms with Gasteiger partial charge < -0.3 is 5.32 Å². The third-order valence-electron chi connectivity index (χ3n) is 4.23. The van der Waals surface area contributed by atoms with Crippen molar-refractivity contribution in [2.75, 3.05) is 19.6 Å². The van der Waals surface area contributed by atoms with Crippen LogP contribution in [0.1, 0.15) is 38.6 Å². The first-order chi connectivity index (χ1) is 9.13. The molecular weight excluding hydrogens is 236 g/mol. The standard InChI is InChI=1S/C15H28N4/c1-5-13-9-14(18(4)17-13)11-19-8-7-15(16-6-2)12(3)10-19/h9,12,15-16H,5-8,10-11H2,1-4H3. The minimum Gasteiger partial charge on any atom is -0.314 e. The largest absolute Gasteiger partial charge is 0.314 e. The van der Waals surface area contributed by atoms with Crippen molar-refractivity contribution in [3.63, 3.8) is 0 Å². The molecular formula is C15H28N4. The van der Waals surface area contributed by atoms with Gasteiger partial charge in [0.15, 0.2) is 0 Å². The van der Waals surface area contributed by atoms with E-state index in [2.05, 4.69) is 49.2 Å². The average molecular weight is 264 g/mol. The monoisotopic (exact) mass is 264 g/mol. The second-order valence-corrected chi connectivity index (χ2v) is 5.77. The summed E-state index contributed by atoms with van der Waals surface area (Å²) in [5, 5.41) is 8.13. The molecule has 0 bridgehead atoms. The van der Waals surface area contributed by atoms with Crippen molar-refractivity contribution in [3.05, 3.63) is 17.5 Å². The van der Waals surface area contributed by atoms with Gasteiger partial charge in [-0.15, -0.1) is 0 Å². The number of aryl methyl sites for hydroxylation is 2. The predicted octanol–water partition coefficient (Wildman–Crippen LogP) is 1.80. The number of nitrogens with one attached hydrogen (secondary N) is 1. The topological polar surface area (TPSA) is 33.1 Å². The van der Waals surface area contributed by atoms with Crippen LogP contribution >= 0.6 is 0 Å². The van der Waals surface area contributed by atoms with Crippen molar-refractivity contribution in [2.24, 2.45) is 13.0 Å². The molecule has 1 saturated heterocycles. The van der Waals surface area contributed by atoms with Crippen LogP contribution in [0.5, 0.6) is 0 Å². The van der Waals surface area contributed by atoms with E-state index < -0.39 is 0 Å². The van der Waals surface area contributed by atoms with Crippen molar-refractivity contribution in [3.8, 4) is 0 Å². The highest BCUT2D eigenvalue weighted by Gasteiger charge is 2.25. The van der Waals surface area contributed by atoms with Crippen molar-refractivity contribution >= 4 is 0 Å². The van der Waals surface area contributed by atoms with Gasteiger partial charge in [-0.25, -0.2) is 0 Å². The maximum absolute atomic E-state index is 4.54. The van der Waals surface area contributed by atoms with E-state index in [1.54, 1.807) is 0 Å². The number of hydrogen-bond acceptors (Lipinski definition) is 3. The lowest BCUT2D eigenvalue weighted by atomic mass is 9.93. The molecule has 4 nitrogen and oxygen atoms in total. The van der Waals surface area contributed by atoms with E-state index in [0.29, 0.717) is 6.04 Å². The summed E-state index contributed by atoms with van der Waals surface area (Å²) in [6.45, 7) is 11.2. The molecule has 0 saturated carbocycles. The van der Waals surface area contributed by atoms with Crippen molar-refractivity contribution in [2.45, 2.75) is 46.2 Å². The molecule has 0 radical (unpaired) electrons. The molecule has 1 fully saturated rings. The fourth-order valence-electron chi connectivity index (χ4n) is 3.06. The molecule has 19 heavy (non-hydrogen) atoms. The number of aromatic nitrogens is 2. The molecule has 0 amide bonds. The summed E-state index contributed by atoms with van der Waals surface area (Å²) in [7, 11) is 2.06. The molecule has 1 N–H and O–H groups in total. The fraction of sp³-hybridized carbons (Fsp3) is 0.800. The quantitative estimate of drug-likeness (QED) is 0.880. The first-order valence-electron chi connectivity index (χ1n) is 7.61. The summed E-state index contributed by atoms with van der Waals surface area (Å²) in [6, 6.07) is 2.94. The number of rotatable bonds is 5. The Morgan fingerprint density at radius 3 is 2.79 bits per heavy atom. The normalized spacial score (nSPS) is 24.8. The average Bonchev–Trinajstić information content (AvgIpc) is 2.74. The van der Waals surface area contributed by atoms with Gasteiger partial charge in [0.25, 0.3) is 0 Å². The molecule has 0 spiro atoms. The van der Waals surface area contributed by atoms with E-state index in [0.717, 1.165) is 25.4 Å². The van der Waals surface area contributed by atoms with Crippen LogP contribution < -0.4 is 5.32 Å². The molecule has 2 heterocycles. The minimum atomic E-state index is 0.694. The summed E-state index contributed by atoms with van der Waals surface area (Å²) < 4.78 is 2.04. The lowest BCUT2D eigenvalue weighted by Gasteiger charge is -2.37. The second-order valence-electron chi connectivity index (χ2n) is 5.77. The van der Waals surface area contributed by atoms with Gasteiger partial charge in [0.1, 0.15) is 0 Å². The van der Waals surface area contributed by atoms with Crippen LogP contribution in [-0.4, -0.2) is 40.4 Å². The molecule has 1 aromatic rings. The zero-order chi connectivity index (χ0) is 13.8. The lowest BCUT2D eigenvalue weighted by molar-refractivity contribution is 0.139. The van der Waals surface area contributed by atoms with E-state index in [1.165, 1.54) is 30.9 Å². The third-order valence-corrected chi connectivity index (χ3v) is 4.23. The molecule has 2 unspecified atom stereocenters. The Morgan fingerprint density at radius 1 is 1.42 bits per heavy atom. The van der Waals surface area contributed by atoms with Gasteiger partial charge in [-0.05, 0) is 31.4 Å². The van der Waals surface area contributed by atoms with Gasteiger partial charge in [-0.2, -0.15) is 5.10 Å². The highest BCUT2D eigenvalue weighted by atomic mass is 15.3. The molecule has 2 atom stereocenters. The van der Waals surface area contributed by atoms with Crippen LogP contribution in [0.4, 0.5) is 0 Å². The summed E-state index contributed by atoms with van der Waals surface area (Å²) in [4.78, 5) is 2.56. The van der Waals surface area contributed by atoms with Crippen molar-refractivity contribution < 1.29 is 0 Å². The Balaban J connectivity index is 1.92. The zero-order valence-corrected chi connectivity index (χ0v) is 12.8. The lowest BCUT2D eigenvalue weighted by Crippen LogP contribution is -2.48. The summed E-state index contributed by atoms with van der Waals surface area (Å²) in [5.41, 5.74) is 2.54. The van der Waals surface area contributed by atoms with Crippen LogP contribution in [-0.2, 0) is 20.0 Å². The van der Waals surface area contributed by atoms with E-state index >= 15 is 0 Å². The highest BCUT2D eigenvalue weighted by Crippen LogP contribution is 2.19. The summed E-state index contributed by atoms with van der Waals surface area (Å²) in [6.07, 6.45) is 2.28. The molecule has 4 heteroatoms. The fourth-order valence-corrected chi connectivity index (χ4v) is 3.06. The van der Waals surface area contributed by atoms with Crippen molar-refractivity contribution in [1.29, 1.82) is 0 Å². The first kappa shape index (κ1) is 14.5. The molecule has 1 aliphatic rings. The van der Waals surface area contributed by atoms with Gasteiger partial charge in [0, 0.05) is 32.7 Å². The molecule has 108 valence electrons. The van der Waals surface area contributed by atoms with Gasteiger partial charge in [-0.3, -0.25) is 9.58 Å². The number of hydrogen-bond donors (Lipinski definition) is 1. The first-order valence-corrected chi connectivity index (χ1v) is 7.61. The van der Waals surface area contributed by atoms with Crippen LogP contribution in [0.2, 0.25) is 0 Å². The second kappa shape index (κ2) is 6.53. The Bertz CT molecular complexity index is 399. The van der Waals surface area contributed by atoms with E-state index in [1.807, 2.05) is 4.68 Å². The zero-order valence-electron chi connectivity index (χ0n) is 12.8. The summed E-state index contributed by atoms with van der Waals surface area (Å²) >= 11 is 0. The van der Waals surface area contributed by atoms with Crippen LogP contribution in [0.15, 0.2) is 6.07 Å². The minimum absolute atomic E-state index is 0.694. The van der Waals surface area contributed by atoms with Crippen molar-refractivity contribution in [1.82, 2.24) is 20.0 Å². The molecule has 0 aromatic carbocycles. The number of nitrogens with zero attached hydrogens (tertiary/aromatic N) is 3. The maximum Gasteiger partial charge on any atom is 0.0625 e. The SMILES string of the molecule is CCNC1CCN(Cc2cc(CC)nn2C)CC1C. The Hall–Kier alpha value is -0.870. The molecule has 1 aliphatic heterocycles.